The van der Waals surface area contributed by atoms with Crippen LogP contribution in [0.2, 0.25) is 0 Å². The molecule has 114 valence electrons. The van der Waals surface area contributed by atoms with E-state index < -0.39 is 23.2 Å². The molecule has 0 spiro atoms. The summed E-state index contributed by atoms with van der Waals surface area (Å²) >= 11 is 0. The summed E-state index contributed by atoms with van der Waals surface area (Å²) in [5, 5.41) is 11.0. The van der Waals surface area contributed by atoms with E-state index in [2.05, 4.69) is 5.32 Å². The van der Waals surface area contributed by atoms with Crippen molar-refractivity contribution in [1.82, 2.24) is 0 Å². The Kier molecular flexibility index (Phi) is 6.18. The molecular formula is C14H15F3N2O2. The van der Waals surface area contributed by atoms with Crippen LogP contribution in [0.5, 0.6) is 0 Å². The molecule has 7 heteroatoms. The third-order valence-electron chi connectivity index (χ3n) is 2.63. The minimum absolute atomic E-state index is 0.0164. The van der Waals surface area contributed by atoms with E-state index in [4.69, 9.17) is 10.00 Å². The van der Waals surface area contributed by atoms with Gasteiger partial charge in [-0.2, -0.15) is 18.4 Å². The molecular weight excluding hydrogens is 285 g/mol. The molecule has 0 saturated heterocycles. The molecule has 1 rings (SSSR count). The number of halogens is 3. The van der Waals surface area contributed by atoms with Gasteiger partial charge in [-0.3, -0.25) is 4.79 Å². The summed E-state index contributed by atoms with van der Waals surface area (Å²) in [4.78, 5) is 11.6. The number of hydrogen-bond acceptors (Lipinski definition) is 3. The third-order valence-corrected chi connectivity index (χ3v) is 2.63. The summed E-state index contributed by atoms with van der Waals surface area (Å²) in [6, 6.07) is 4.56. The van der Waals surface area contributed by atoms with E-state index >= 15 is 0 Å². The third kappa shape index (κ3) is 5.44. The summed E-state index contributed by atoms with van der Waals surface area (Å²) in [7, 11) is 0. The second kappa shape index (κ2) is 7.64. The van der Waals surface area contributed by atoms with Gasteiger partial charge in [0.1, 0.15) is 0 Å². The molecule has 0 atom stereocenters. The second-order valence-corrected chi connectivity index (χ2v) is 4.22. The van der Waals surface area contributed by atoms with Crippen molar-refractivity contribution in [1.29, 1.82) is 5.26 Å². The number of alkyl halides is 3. The number of benzene rings is 1. The van der Waals surface area contributed by atoms with E-state index in [1.807, 2.05) is 6.92 Å². The van der Waals surface area contributed by atoms with Gasteiger partial charge in [-0.25, -0.2) is 0 Å². The van der Waals surface area contributed by atoms with Crippen LogP contribution in [0.1, 0.15) is 30.9 Å². The fourth-order valence-corrected chi connectivity index (χ4v) is 1.66. The average molecular weight is 300 g/mol. The number of anilines is 1. The Balaban J connectivity index is 2.72. The molecule has 0 heterocycles. The zero-order valence-electron chi connectivity index (χ0n) is 11.5. The van der Waals surface area contributed by atoms with Crippen LogP contribution in [0.25, 0.3) is 0 Å². The maximum absolute atomic E-state index is 12.8. The van der Waals surface area contributed by atoms with Gasteiger partial charge in [-0.15, -0.1) is 0 Å². The van der Waals surface area contributed by atoms with E-state index in [9.17, 15) is 18.0 Å². The first-order valence-corrected chi connectivity index (χ1v) is 6.37. The fraction of sp³-hybridized carbons (Fsp3) is 0.429. The number of rotatable bonds is 6. The van der Waals surface area contributed by atoms with E-state index in [0.29, 0.717) is 19.6 Å². The highest BCUT2D eigenvalue weighted by Gasteiger charge is 2.33. The lowest BCUT2D eigenvalue weighted by Gasteiger charge is -2.11. The molecule has 1 N–H and O–H groups in total. The molecule has 0 unspecified atom stereocenters. The first kappa shape index (κ1) is 17.0. The molecule has 0 aromatic heterocycles. The van der Waals surface area contributed by atoms with Crippen LogP contribution >= 0.6 is 0 Å². The Morgan fingerprint density at radius 1 is 1.43 bits per heavy atom. The largest absolute Gasteiger partial charge is 0.417 e. The Labute approximate surface area is 120 Å². The number of hydrogen-bond donors (Lipinski definition) is 1. The van der Waals surface area contributed by atoms with Crippen molar-refractivity contribution in [3.05, 3.63) is 29.3 Å². The van der Waals surface area contributed by atoms with Gasteiger partial charge in [0.2, 0.25) is 5.91 Å². The summed E-state index contributed by atoms with van der Waals surface area (Å²) in [6.07, 6.45) is -4.00. The van der Waals surface area contributed by atoms with Gasteiger partial charge in [0.25, 0.3) is 0 Å². The first-order chi connectivity index (χ1) is 9.88. The summed E-state index contributed by atoms with van der Waals surface area (Å²) in [5.41, 5.74) is -1.52. The highest BCUT2D eigenvalue weighted by atomic mass is 19.4. The van der Waals surface area contributed by atoms with Crippen LogP contribution in [0.15, 0.2) is 18.2 Å². The van der Waals surface area contributed by atoms with Gasteiger partial charge in [-0.1, -0.05) is 0 Å². The van der Waals surface area contributed by atoms with Gasteiger partial charge in [0.05, 0.1) is 17.2 Å². The van der Waals surface area contributed by atoms with Crippen LogP contribution < -0.4 is 5.32 Å². The highest BCUT2D eigenvalue weighted by molar-refractivity contribution is 5.90. The molecule has 0 bridgehead atoms. The quantitative estimate of drug-likeness (QED) is 0.820. The normalized spacial score (nSPS) is 11.0. The Morgan fingerprint density at radius 2 is 2.14 bits per heavy atom. The monoisotopic (exact) mass is 300 g/mol. The SMILES string of the molecule is CCOCCCC(=O)Nc1ccc(C#N)c(C(F)(F)F)c1. The fourth-order valence-electron chi connectivity index (χ4n) is 1.66. The van der Waals surface area contributed by atoms with Crippen molar-refractivity contribution in [2.45, 2.75) is 25.9 Å². The zero-order valence-corrected chi connectivity index (χ0v) is 11.5. The van der Waals surface area contributed by atoms with Crippen molar-refractivity contribution in [3.63, 3.8) is 0 Å². The average Bonchev–Trinajstić information content (AvgIpc) is 2.42. The number of nitrogens with zero attached hydrogens (tertiary/aromatic N) is 1. The van der Waals surface area contributed by atoms with Gasteiger partial charge in [-0.05, 0) is 31.5 Å². The predicted octanol–water partition coefficient (Wildman–Crippen LogP) is 3.33. The Hall–Kier alpha value is -2.07. The molecule has 0 fully saturated rings. The summed E-state index contributed by atoms with van der Waals surface area (Å²) in [5.74, 6) is -0.396. The number of nitriles is 1. The number of carbonyl (C=O) groups excluding carboxylic acids is 1. The molecule has 21 heavy (non-hydrogen) atoms. The standard InChI is InChI=1S/C14H15F3N2O2/c1-2-21-7-3-4-13(20)19-11-6-5-10(9-18)12(8-11)14(15,16)17/h5-6,8H,2-4,7H2,1H3,(H,19,20). The molecule has 0 aliphatic carbocycles. The van der Waals surface area contributed by atoms with Gasteiger partial charge >= 0.3 is 6.18 Å². The zero-order chi connectivity index (χ0) is 15.9. The van der Waals surface area contributed by atoms with Crippen LogP contribution in [0.4, 0.5) is 18.9 Å². The maximum atomic E-state index is 12.8. The molecule has 4 nitrogen and oxygen atoms in total. The first-order valence-electron chi connectivity index (χ1n) is 6.37. The van der Waals surface area contributed by atoms with Crippen LogP contribution in [-0.2, 0) is 15.7 Å². The van der Waals surface area contributed by atoms with E-state index in [1.165, 1.54) is 12.1 Å². The van der Waals surface area contributed by atoms with Crippen LogP contribution in [0.3, 0.4) is 0 Å². The lowest BCUT2D eigenvalue weighted by molar-refractivity contribution is -0.137. The van der Waals surface area contributed by atoms with Crippen molar-refractivity contribution >= 4 is 11.6 Å². The highest BCUT2D eigenvalue weighted by Crippen LogP contribution is 2.33. The molecule has 0 aliphatic rings. The Morgan fingerprint density at radius 3 is 2.71 bits per heavy atom. The predicted molar refractivity (Wildman–Crippen MR) is 70.5 cm³/mol. The molecule has 1 aromatic carbocycles. The topological polar surface area (TPSA) is 62.1 Å². The lowest BCUT2D eigenvalue weighted by Crippen LogP contribution is -2.14. The molecule has 1 aromatic rings. The summed E-state index contributed by atoms with van der Waals surface area (Å²) < 4.78 is 43.3. The number of nitrogens with one attached hydrogen (secondary N) is 1. The molecule has 1 amide bonds. The number of carbonyl (C=O) groups is 1. The van der Waals surface area contributed by atoms with Gasteiger partial charge in [0.15, 0.2) is 0 Å². The van der Waals surface area contributed by atoms with Crippen molar-refractivity contribution < 1.29 is 22.7 Å². The van der Waals surface area contributed by atoms with Crippen molar-refractivity contribution in [3.8, 4) is 6.07 Å². The minimum Gasteiger partial charge on any atom is -0.382 e. The minimum atomic E-state index is -4.64. The van der Waals surface area contributed by atoms with Crippen LogP contribution in [0, 0.1) is 11.3 Å². The number of amides is 1. The molecule has 0 aliphatic heterocycles. The van der Waals surface area contributed by atoms with Gasteiger partial charge < -0.3 is 10.1 Å². The van der Waals surface area contributed by atoms with E-state index in [0.717, 1.165) is 12.1 Å². The van der Waals surface area contributed by atoms with Crippen LogP contribution in [-0.4, -0.2) is 19.1 Å². The van der Waals surface area contributed by atoms with Crippen molar-refractivity contribution in [2.24, 2.45) is 0 Å². The smallest absolute Gasteiger partial charge is 0.382 e. The maximum Gasteiger partial charge on any atom is 0.417 e. The van der Waals surface area contributed by atoms with E-state index in [-0.39, 0.29) is 12.1 Å². The molecule has 0 radical (unpaired) electrons. The molecule has 0 saturated carbocycles. The van der Waals surface area contributed by atoms with Gasteiger partial charge in [0, 0.05) is 25.3 Å². The summed E-state index contributed by atoms with van der Waals surface area (Å²) in [6.45, 7) is 2.80. The van der Waals surface area contributed by atoms with E-state index in [1.54, 1.807) is 0 Å². The van der Waals surface area contributed by atoms with Crippen molar-refractivity contribution in [2.75, 3.05) is 18.5 Å². The second-order valence-electron chi connectivity index (χ2n) is 4.22. The lowest BCUT2D eigenvalue weighted by atomic mass is 10.1. The Bertz CT molecular complexity index is 536. The number of ether oxygens (including phenoxy) is 1.